The van der Waals surface area contributed by atoms with Crippen molar-refractivity contribution in [1.82, 2.24) is 0 Å². The number of hydrogen-bond acceptors (Lipinski definition) is 12. The van der Waals surface area contributed by atoms with E-state index in [0.717, 1.165) is 0 Å². The number of rotatable bonds is 32. The fraction of sp³-hybridized carbons (Fsp3) is 0.700. The summed E-state index contributed by atoms with van der Waals surface area (Å²) in [4.78, 5) is 11.6. The summed E-state index contributed by atoms with van der Waals surface area (Å²) in [5.41, 5.74) is 0. The Balaban J connectivity index is 1.77. The monoisotopic (exact) mass is 690 g/mol. The second-order valence-corrected chi connectivity index (χ2v) is 8.89. The zero-order valence-corrected chi connectivity index (χ0v) is 26.2. The van der Waals surface area contributed by atoms with E-state index in [2.05, 4.69) is 10.7 Å². The minimum absolute atomic E-state index is 0.0803. The second kappa shape index (κ2) is 29.6. The number of terminal acetylenes is 1. The summed E-state index contributed by atoms with van der Waals surface area (Å²) in [5, 5.41) is 0. The van der Waals surface area contributed by atoms with Gasteiger partial charge in [0.05, 0.1) is 132 Å². The molecule has 270 valence electrons. The van der Waals surface area contributed by atoms with Crippen molar-refractivity contribution in [2.75, 3.05) is 132 Å². The van der Waals surface area contributed by atoms with Gasteiger partial charge in [-0.05, 0) is 0 Å². The van der Waals surface area contributed by atoms with Crippen molar-refractivity contribution in [2.45, 2.75) is 6.42 Å². The molecule has 0 amide bonds. The first-order valence-corrected chi connectivity index (χ1v) is 14.8. The number of halogens is 5. The Kier molecular flexibility index (Phi) is 26.8. The molecule has 0 spiro atoms. The van der Waals surface area contributed by atoms with Crippen LogP contribution in [-0.2, 0) is 52.2 Å². The van der Waals surface area contributed by atoms with Crippen molar-refractivity contribution >= 4 is 5.97 Å². The molecule has 47 heavy (non-hydrogen) atoms. The SMILES string of the molecule is C#CCOCCOCCOCCOCCOCCOCCOCCOCCOCCOCCC(=O)Oc1c(F)c(F)c(F)c(F)c1F. The average Bonchev–Trinajstić information content (AvgIpc) is 3.07. The molecule has 0 N–H and O–H groups in total. The summed E-state index contributed by atoms with van der Waals surface area (Å²) < 4.78 is 124. The highest BCUT2D eigenvalue weighted by Crippen LogP contribution is 2.29. The third kappa shape index (κ3) is 21.9. The number of carbonyl (C=O) groups excluding carboxylic acids is 1. The average molecular weight is 691 g/mol. The third-order valence-electron chi connectivity index (χ3n) is 5.37. The van der Waals surface area contributed by atoms with Crippen LogP contribution in [0.15, 0.2) is 0 Å². The number of carbonyl (C=O) groups is 1. The quantitative estimate of drug-likeness (QED) is 0.0210. The van der Waals surface area contributed by atoms with E-state index >= 15 is 0 Å². The lowest BCUT2D eigenvalue weighted by molar-refractivity contribution is -0.136. The molecule has 0 atom stereocenters. The van der Waals surface area contributed by atoms with Crippen molar-refractivity contribution in [3.63, 3.8) is 0 Å². The minimum atomic E-state index is -2.35. The Morgan fingerprint density at radius 2 is 0.681 bits per heavy atom. The van der Waals surface area contributed by atoms with E-state index in [1.54, 1.807) is 0 Å². The molecule has 0 unspecified atom stereocenters. The van der Waals surface area contributed by atoms with E-state index in [9.17, 15) is 26.7 Å². The Bertz CT molecular complexity index is 970. The van der Waals surface area contributed by atoms with E-state index in [-0.39, 0.29) is 33.0 Å². The first kappa shape index (κ1) is 42.5. The van der Waals surface area contributed by atoms with Crippen LogP contribution in [0.25, 0.3) is 0 Å². The first-order valence-electron chi connectivity index (χ1n) is 14.8. The molecule has 0 bridgehead atoms. The molecule has 0 aliphatic rings. The topological polar surface area (TPSA) is 119 Å². The van der Waals surface area contributed by atoms with Crippen LogP contribution in [0.5, 0.6) is 5.75 Å². The van der Waals surface area contributed by atoms with Crippen molar-refractivity contribution < 1.29 is 78.9 Å². The molecule has 0 aliphatic heterocycles. The van der Waals surface area contributed by atoms with Crippen LogP contribution in [-0.4, -0.2) is 138 Å². The van der Waals surface area contributed by atoms with E-state index < -0.39 is 47.2 Å². The molecule has 1 aromatic carbocycles. The second-order valence-electron chi connectivity index (χ2n) is 8.89. The van der Waals surface area contributed by atoms with Gasteiger partial charge in [-0.3, -0.25) is 4.79 Å². The smallest absolute Gasteiger partial charge is 0.313 e. The lowest BCUT2D eigenvalue weighted by Gasteiger charge is -2.09. The Hall–Kier alpha value is -2.50. The lowest BCUT2D eigenvalue weighted by atomic mass is 10.2. The summed E-state index contributed by atoms with van der Waals surface area (Å²) in [5.74, 6) is -11.8. The van der Waals surface area contributed by atoms with Gasteiger partial charge in [0.15, 0.2) is 0 Å². The summed E-state index contributed by atoms with van der Waals surface area (Å²) >= 11 is 0. The molecule has 0 heterocycles. The molecule has 0 fully saturated rings. The van der Waals surface area contributed by atoms with Crippen LogP contribution in [0.3, 0.4) is 0 Å². The third-order valence-corrected chi connectivity index (χ3v) is 5.37. The molecule has 0 radical (unpaired) electrons. The predicted molar refractivity (Wildman–Crippen MR) is 154 cm³/mol. The fourth-order valence-electron chi connectivity index (χ4n) is 3.11. The van der Waals surface area contributed by atoms with Crippen LogP contribution in [0, 0.1) is 41.4 Å². The number of hydrogen-bond donors (Lipinski definition) is 0. The summed E-state index contributed by atoms with van der Waals surface area (Å²) in [6.07, 6.45) is 4.57. The van der Waals surface area contributed by atoms with Gasteiger partial charge in [-0.1, -0.05) is 5.92 Å². The standard InChI is InChI=1S/C30H43F5O12/c1-2-4-37-6-8-39-10-12-41-14-16-43-18-20-45-22-23-46-21-19-44-17-15-42-13-11-40-9-7-38-5-3-24(36)47-30-28(34)26(32)25(31)27(33)29(30)35/h1H,3-23H2. The van der Waals surface area contributed by atoms with Gasteiger partial charge in [-0.2, -0.15) is 8.78 Å². The van der Waals surface area contributed by atoms with Gasteiger partial charge < -0.3 is 52.1 Å². The van der Waals surface area contributed by atoms with Gasteiger partial charge in [0.1, 0.15) is 6.61 Å². The zero-order chi connectivity index (χ0) is 34.4. The van der Waals surface area contributed by atoms with Gasteiger partial charge in [0.25, 0.3) is 0 Å². The highest BCUT2D eigenvalue weighted by atomic mass is 19.2. The maximum absolute atomic E-state index is 13.5. The molecule has 1 aromatic rings. The predicted octanol–water partition coefficient (Wildman–Crippen LogP) is 2.48. The molecule has 12 nitrogen and oxygen atoms in total. The molecule has 0 aliphatic carbocycles. The van der Waals surface area contributed by atoms with Gasteiger partial charge in [-0.25, -0.2) is 13.2 Å². The summed E-state index contributed by atoms with van der Waals surface area (Å²) in [6.45, 7) is 7.03. The molecule has 0 aromatic heterocycles. The molecule has 17 heteroatoms. The Morgan fingerprint density at radius 3 is 0.979 bits per heavy atom. The van der Waals surface area contributed by atoms with Crippen LogP contribution >= 0.6 is 0 Å². The zero-order valence-electron chi connectivity index (χ0n) is 26.2. The molecular weight excluding hydrogens is 647 g/mol. The minimum Gasteiger partial charge on any atom is -0.420 e. The summed E-state index contributed by atoms with van der Waals surface area (Å²) in [7, 11) is 0. The van der Waals surface area contributed by atoms with Gasteiger partial charge in [0.2, 0.25) is 34.8 Å². The van der Waals surface area contributed by atoms with Crippen molar-refractivity contribution in [2.24, 2.45) is 0 Å². The van der Waals surface area contributed by atoms with Crippen LogP contribution in [0.1, 0.15) is 6.42 Å². The van der Waals surface area contributed by atoms with Crippen molar-refractivity contribution in [3.05, 3.63) is 29.1 Å². The molecule has 0 saturated heterocycles. The molecule has 0 saturated carbocycles. The van der Waals surface area contributed by atoms with E-state index in [1.807, 2.05) is 0 Å². The maximum Gasteiger partial charge on any atom is 0.313 e. The lowest BCUT2D eigenvalue weighted by Crippen LogP contribution is -2.16. The maximum atomic E-state index is 13.5. The first-order chi connectivity index (χ1) is 22.9. The normalized spacial score (nSPS) is 11.2. The summed E-state index contributed by atoms with van der Waals surface area (Å²) in [6, 6.07) is 0. The van der Waals surface area contributed by atoms with Gasteiger partial charge >= 0.3 is 5.97 Å². The van der Waals surface area contributed by atoms with Gasteiger partial charge in [-0.15, -0.1) is 6.42 Å². The fourth-order valence-corrected chi connectivity index (χ4v) is 3.11. The van der Waals surface area contributed by atoms with Crippen molar-refractivity contribution in [1.29, 1.82) is 0 Å². The van der Waals surface area contributed by atoms with E-state index in [0.29, 0.717) is 99.1 Å². The molecular formula is C30H43F5O12. The van der Waals surface area contributed by atoms with E-state index in [1.165, 1.54) is 0 Å². The Labute approximate surface area is 270 Å². The van der Waals surface area contributed by atoms with Gasteiger partial charge in [0, 0.05) is 0 Å². The number of benzene rings is 1. The Morgan fingerprint density at radius 1 is 0.426 bits per heavy atom. The van der Waals surface area contributed by atoms with Crippen LogP contribution in [0.4, 0.5) is 22.0 Å². The van der Waals surface area contributed by atoms with E-state index in [4.69, 9.17) is 53.8 Å². The van der Waals surface area contributed by atoms with Crippen LogP contribution < -0.4 is 4.74 Å². The highest BCUT2D eigenvalue weighted by Gasteiger charge is 2.28. The highest BCUT2D eigenvalue weighted by molar-refractivity contribution is 5.72. The van der Waals surface area contributed by atoms with Crippen molar-refractivity contribution in [3.8, 4) is 18.1 Å². The largest absolute Gasteiger partial charge is 0.420 e. The number of ether oxygens (including phenoxy) is 11. The van der Waals surface area contributed by atoms with Crippen LogP contribution in [0.2, 0.25) is 0 Å². The molecule has 1 rings (SSSR count). The number of esters is 1.